The third-order valence-corrected chi connectivity index (χ3v) is 3.69. The molecular weight excluding hydrogens is 246 g/mol. The molecule has 2 rings (SSSR count). The van der Waals surface area contributed by atoms with E-state index in [-0.39, 0.29) is 6.04 Å². The Labute approximate surface area is 121 Å². The van der Waals surface area contributed by atoms with Crippen molar-refractivity contribution in [3.05, 3.63) is 58.7 Å². The Morgan fingerprint density at radius 1 is 1.15 bits per heavy atom. The van der Waals surface area contributed by atoms with Crippen molar-refractivity contribution in [3.63, 3.8) is 0 Å². The molecule has 0 amide bonds. The summed E-state index contributed by atoms with van der Waals surface area (Å²) in [7, 11) is 0. The van der Waals surface area contributed by atoms with Crippen molar-refractivity contribution in [2.45, 2.75) is 46.1 Å². The van der Waals surface area contributed by atoms with E-state index in [0.717, 1.165) is 30.8 Å². The fourth-order valence-electron chi connectivity index (χ4n) is 2.15. The van der Waals surface area contributed by atoms with Crippen LogP contribution in [0.5, 0.6) is 0 Å². The molecular formula is C17H23N3. The molecule has 106 valence electrons. The second-order valence-electron chi connectivity index (χ2n) is 5.43. The number of aryl methyl sites for hydroxylation is 2. The van der Waals surface area contributed by atoms with Gasteiger partial charge in [0.25, 0.3) is 0 Å². The first kappa shape index (κ1) is 14.7. The molecule has 1 unspecified atom stereocenters. The smallest absolute Gasteiger partial charge is 0.132 e. The second-order valence-corrected chi connectivity index (χ2v) is 5.43. The summed E-state index contributed by atoms with van der Waals surface area (Å²) in [5, 5.41) is 0. The van der Waals surface area contributed by atoms with Crippen LogP contribution in [0.3, 0.4) is 0 Å². The van der Waals surface area contributed by atoms with Crippen LogP contribution < -0.4 is 5.73 Å². The van der Waals surface area contributed by atoms with Crippen LogP contribution in [0.1, 0.15) is 41.6 Å². The van der Waals surface area contributed by atoms with E-state index >= 15 is 0 Å². The van der Waals surface area contributed by atoms with E-state index in [1.807, 2.05) is 12.3 Å². The summed E-state index contributed by atoms with van der Waals surface area (Å²) in [5.74, 6) is 0.869. The summed E-state index contributed by atoms with van der Waals surface area (Å²) in [4.78, 5) is 8.98. The van der Waals surface area contributed by atoms with Gasteiger partial charge in [-0.25, -0.2) is 9.97 Å². The average Bonchev–Trinajstić information content (AvgIpc) is 2.43. The summed E-state index contributed by atoms with van der Waals surface area (Å²) >= 11 is 0. The highest BCUT2D eigenvalue weighted by atomic mass is 14.9. The lowest BCUT2D eigenvalue weighted by Crippen LogP contribution is -2.22. The van der Waals surface area contributed by atoms with Crippen LogP contribution in [0.2, 0.25) is 0 Å². The lowest BCUT2D eigenvalue weighted by molar-refractivity contribution is 0.633. The second kappa shape index (κ2) is 6.62. The van der Waals surface area contributed by atoms with Crippen LogP contribution in [-0.2, 0) is 12.8 Å². The van der Waals surface area contributed by atoms with Crippen molar-refractivity contribution in [1.82, 2.24) is 9.97 Å². The molecule has 0 saturated carbocycles. The van der Waals surface area contributed by atoms with E-state index in [1.165, 1.54) is 16.7 Å². The van der Waals surface area contributed by atoms with Gasteiger partial charge in [0.05, 0.1) is 0 Å². The predicted octanol–water partition coefficient (Wildman–Crippen LogP) is 2.96. The van der Waals surface area contributed by atoms with E-state index in [4.69, 9.17) is 5.73 Å². The Morgan fingerprint density at radius 3 is 2.65 bits per heavy atom. The molecule has 0 fully saturated rings. The normalized spacial score (nSPS) is 12.4. The SMILES string of the molecule is CCC(N)Cc1ccnc(Cc2ccc(C)c(C)c2)n1. The van der Waals surface area contributed by atoms with Gasteiger partial charge in [0.1, 0.15) is 5.82 Å². The van der Waals surface area contributed by atoms with Gasteiger partial charge < -0.3 is 5.73 Å². The van der Waals surface area contributed by atoms with Gasteiger partial charge in [0.2, 0.25) is 0 Å². The summed E-state index contributed by atoms with van der Waals surface area (Å²) in [6, 6.07) is 8.65. The van der Waals surface area contributed by atoms with E-state index in [9.17, 15) is 0 Å². The largest absolute Gasteiger partial charge is 0.327 e. The highest BCUT2D eigenvalue weighted by molar-refractivity contribution is 5.31. The highest BCUT2D eigenvalue weighted by Crippen LogP contribution is 2.12. The highest BCUT2D eigenvalue weighted by Gasteiger charge is 2.06. The molecule has 3 nitrogen and oxygen atoms in total. The van der Waals surface area contributed by atoms with Crippen molar-refractivity contribution in [2.75, 3.05) is 0 Å². The molecule has 0 aliphatic carbocycles. The summed E-state index contributed by atoms with van der Waals surface area (Å²) in [6.07, 6.45) is 4.40. The zero-order valence-electron chi connectivity index (χ0n) is 12.6. The number of hydrogen-bond acceptors (Lipinski definition) is 3. The maximum absolute atomic E-state index is 5.98. The molecule has 0 aliphatic rings. The molecule has 0 spiro atoms. The number of aromatic nitrogens is 2. The zero-order chi connectivity index (χ0) is 14.5. The van der Waals surface area contributed by atoms with Crippen LogP contribution in [0.4, 0.5) is 0 Å². The maximum Gasteiger partial charge on any atom is 0.132 e. The van der Waals surface area contributed by atoms with E-state index in [1.54, 1.807) is 0 Å². The maximum atomic E-state index is 5.98. The van der Waals surface area contributed by atoms with Gasteiger partial charge >= 0.3 is 0 Å². The molecule has 1 aromatic heterocycles. The lowest BCUT2D eigenvalue weighted by Gasteiger charge is -2.09. The third-order valence-electron chi connectivity index (χ3n) is 3.69. The van der Waals surface area contributed by atoms with Crippen LogP contribution >= 0.6 is 0 Å². The van der Waals surface area contributed by atoms with Crippen molar-refractivity contribution >= 4 is 0 Å². The first-order valence-electron chi connectivity index (χ1n) is 7.21. The Morgan fingerprint density at radius 2 is 1.95 bits per heavy atom. The summed E-state index contributed by atoms with van der Waals surface area (Å²) in [5.41, 5.74) is 10.9. The monoisotopic (exact) mass is 269 g/mol. The summed E-state index contributed by atoms with van der Waals surface area (Å²) < 4.78 is 0. The van der Waals surface area contributed by atoms with Crippen LogP contribution in [0.25, 0.3) is 0 Å². The zero-order valence-corrected chi connectivity index (χ0v) is 12.6. The fraction of sp³-hybridized carbons (Fsp3) is 0.412. The number of benzene rings is 1. The number of hydrogen-bond donors (Lipinski definition) is 1. The average molecular weight is 269 g/mol. The van der Waals surface area contributed by atoms with E-state index < -0.39 is 0 Å². The number of nitrogens with two attached hydrogens (primary N) is 1. The number of nitrogens with zero attached hydrogens (tertiary/aromatic N) is 2. The van der Waals surface area contributed by atoms with Crippen molar-refractivity contribution in [3.8, 4) is 0 Å². The van der Waals surface area contributed by atoms with Crippen LogP contribution in [-0.4, -0.2) is 16.0 Å². The minimum Gasteiger partial charge on any atom is -0.327 e. The van der Waals surface area contributed by atoms with Crippen molar-refractivity contribution in [2.24, 2.45) is 5.73 Å². The van der Waals surface area contributed by atoms with Gasteiger partial charge in [-0.05, 0) is 43.0 Å². The Hall–Kier alpha value is -1.74. The topological polar surface area (TPSA) is 51.8 Å². The first-order chi connectivity index (χ1) is 9.58. The van der Waals surface area contributed by atoms with Gasteiger partial charge in [-0.3, -0.25) is 0 Å². The number of rotatable bonds is 5. The van der Waals surface area contributed by atoms with Gasteiger partial charge in [0, 0.05) is 30.8 Å². The third kappa shape index (κ3) is 3.87. The van der Waals surface area contributed by atoms with Gasteiger partial charge in [-0.1, -0.05) is 25.1 Å². The van der Waals surface area contributed by atoms with Gasteiger partial charge in [0.15, 0.2) is 0 Å². The molecule has 0 radical (unpaired) electrons. The molecule has 20 heavy (non-hydrogen) atoms. The molecule has 1 aromatic carbocycles. The Bertz CT molecular complexity index is 578. The molecule has 0 bridgehead atoms. The van der Waals surface area contributed by atoms with Crippen LogP contribution in [0.15, 0.2) is 30.5 Å². The fourth-order valence-corrected chi connectivity index (χ4v) is 2.15. The van der Waals surface area contributed by atoms with Crippen LogP contribution in [0, 0.1) is 13.8 Å². The molecule has 2 aromatic rings. The lowest BCUT2D eigenvalue weighted by atomic mass is 10.0. The summed E-state index contributed by atoms with van der Waals surface area (Å²) in [6.45, 7) is 6.36. The molecule has 1 heterocycles. The molecule has 2 N–H and O–H groups in total. The first-order valence-corrected chi connectivity index (χ1v) is 7.21. The molecule has 0 aliphatic heterocycles. The molecule has 1 atom stereocenters. The predicted molar refractivity (Wildman–Crippen MR) is 82.7 cm³/mol. The molecule has 3 heteroatoms. The quantitative estimate of drug-likeness (QED) is 0.908. The van der Waals surface area contributed by atoms with E-state index in [2.05, 4.69) is 48.9 Å². The van der Waals surface area contributed by atoms with Crippen molar-refractivity contribution < 1.29 is 0 Å². The Kier molecular flexibility index (Phi) is 4.85. The van der Waals surface area contributed by atoms with Crippen molar-refractivity contribution in [1.29, 1.82) is 0 Å². The Balaban J connectivity index is 2.12. The minimum atomic E-state index is 0.180. The van der Waals surface area contributed by atoms with Gasteiger partial charge in [-0.2, -0.15) is 0 Å². The standard InChI is InChI=1S/C17H23N3/c1-4-15(18)11-16-7-8-19-17(20-16)10-14-6-5-12(2)13(3)9-14/h5-9,15H,4,10-11,18H2,1-3H3. The minimum absolute atomic E-state index is 0.180. The van der Waals surface area contributed by atoms with Gasteiger partial charge in [-0.15, -0.1) is 0 Å². The van der Waals surface area contributed by atoms with E-state index in [0.29, 0.717) is 0 Å². The molecule has 0 saturated heterocycles.